The standard InChI is InChI=1S/C15H12ClN3O/c16-13-6-8-14(9-7-13)20-11-19-15(10-17-18-19)12-4-2-1-3-5-12/h1-10H,11H2. The normalized spacial score (nSPS) is 10.4. The monoisotopic (exact) mass is 285 g/mol. The van der Waals surface area contributed by atoms with E-state index in [0.29, 0.717) is 11.8 Å². The molecule has 0 aliphatic rings. The Morgan fingerprint density at radius 3 is 2.50 bits per heavy atom. The summed E-state index contributed by atoms with van der Waals surface area (Å²) in [6, 6.07) is 17.2. The van der Waals surface area contributed by atoms with Gasteiger partial charge in [-0.2, -0.15) is 0 Å². The third-order valence-corrected chi connectivity index (χ3v) is 3.11. The van der Waals surface area contributed by atoms with E-state index in [1.54, 1.807) is 23.0 Å². The number of nitrogens with zero attached hydrogens (tertiary/aromatic N) is 3. The Hall–Kier alpha value is -2.33. The molecule has 0 N–H and O–H groups in total. The van der Waals surface area contributed by atoms with Gasteiger partial charge in [-0.3, -0.25) is 0 Å². The Morgan fingerprint density at radius 2 is 1.75 bits per heavy atom. The number of rotatable bonds is 4. The van der Waals surface area contributed by atoms with E-state index >= 15 is 0 Å². The lowest BCUT2D eigenvalue weighted by atomic mass is 10.2. The van der Waals surface area contributed by atoms with Crippen molar-refractivity contribution >= 4 is 11.6 Å². The van der Waals surface area contributed by atoms with E-state index in [4.69, 9.17) is 16.3 Å². The van der Waals surface area contributed by atoms with Crippen molar-refractivity contribution in [2.75, 3.05) is 0 Å². The van der Waals surface area contributed by atoms with Crippen LogP contribution >= 0.6 is 11.6 Å². The quantitative estimate of drug-likeness (QED) is 0.735. The van der Waals surface area contributed by atoms with Gasteiger partial charge in [-0.1, -0.05) is 47.1 Å². The van der Waals surface area contributed by atoms with Crippen molar-refractivity contribution in [2.24, 2.45) is 0 Å². The molecule has 0 spiro atoms. The van der Waals surface area contributed by atoms with E-state index in [1.807, 2.05) is 42.5 Å². The first-order chi connectivity index (χ1) is 9.83. The Bertz CT molecular complexity index is 680. The second-order valence-corrected chi connectivity index (χ2v) is 4.65. The summed E-state index contributed by atoms with van der Waals surface area (Å²) in [5.74, 6) is 0.740. The molecule has 0 radical (unpaired) electrons. The Labute approximate surface area is 121 Å². The smallest absolute Gasteiger partial charge is 0.183 e. The van der Waals surface area contributed by atoms with Gasteiger partial charge in [0, 0.05) is 10.6 Å². The number of halogens is 1. The van der Waals surface area contributed by atoms with Crippen molar-refractivity contribution in [1.82, 2.24) is 15.0 Å². The maximum atomic E-state index is 5.83. The van der Waals surface area contributed by atoms with Gasteiger partial charge in [0.1, 0.15) is 5.75 Å². The zero-order chi connectivity index (χ0) is 13.8. The molecule has 5 heteroatoms. The van der Waals surface area contributed by atoms with Crippen LogP contribution in [0.3, 0.4) is 0 Å². The fourth-order valence-electron chi connectivity index (χ4n) is 1.85. The van der Waals surface area contributed by atoms with Crippen LogP contribution < -0.4 is 4.74 Å². The van der Waals surface area contributed by atoms with Crippen LogP contribution in [0.1, 0.15) is 0 Å². The molecule has 0 aliphatic carbocycles. The molecule has 1 aromatic heterocycles. The van der Waals surface area contributed by atoms with E-state index in [1.165, 1.54) is 0 Å². The van der Waals surface area contributed by atoms with E-state index < -0.39 is 0 Å². The highest BCUT2D eigenvalue weighted by atomic mass is 35.5. The predicted octanol–water partition coefficient (Wildman–Crippen LogP) is 3.64. The number of benzene rings is 2. The second-order valence-electron chi connectivity index (χ2n) is 4.21. The van der Waals surface area contributed by atoms with Gasteiger partial charge in [-0.25, -0.2) is 4.68 Å². The maximum Gasteiger partial charge on any atom is 0.183 e. The van der Waals surface area contributed by atoms with E-state index in [0.717, 1.165) is 17.0 Å². The molecule has 2 aromatic carbocycles. The van der Waals surface area contributed by atoms with Crippen molar-refractivity contribution < 1.29 is 4.74 Å². The fraction of sp³-hybridized carbons (Fsp3) is 0.0667. The highest BCUT2D eigenvalue weighted by Gasteiger charge is 2.06. The average molecular weight is 286 g/mol. The lowest BCUT2D eigenvalue weighted by Crippen LogP contribution is -2.08. The lowest BCUT2D eigenvalue weighted by molar-refractivity contribution is 0.220. The van der Waals surface area contributed by atoms with Gasteiger partial charge in [-0.05, 0) is 24.3 Å². The molecule has 0 aliphatic heterocycles. The second kappa shape index (κ2) is 5.75. The van der Waals surface area contributed by atoms with Crippen LogP contribution in [-0.4, -0.2) is 15.0 Å². The van der Waals surface area contributed by atoms with Crippen LogP contribution in [0.2, 0.25) is 5.02 Å². The van der Waals surface area contributed by atoms with Gasteiger partial charge in [0.15, 0.2) is 6.73 Å². The van der Waals surface area contributed by atoms with Gasteiger partial charge in [0.2, 0.25) is 0 Å². The van der Waals surface area contributed by atoms with Crippen molar-refractivity contribution in [1.29, 1.82) is 0 Å². The number of hydrogen-bond acceptors (Lipinski definition) is 3. The van der Waals surface area contributed by atoms with E-state index in [9.17, 15) is 0 Å². The summed E-state index contributed by atoms with van der Waals surface area (Å²) in [5, 5.41) is 8.66. The fourth-order valence-corrected chi connectivity index (χ4v) is 1.98. The molecule has 0 fully saturated rings. The first kappa shape index (κ1) is 12.7. The number of hydrogen-bond donors (Lipinski definition) is 0. The van der Waals surface area contributed by atoms with Gasteiger partial charge >= 0.3 is 0 Å². The minimum atomic E-state index is 0.297. The highest BCUT2D eigenvalue weighted by molar-refractivity contribution is 6.30. The molecule has 0 bridgehead atoms. The van der Waals surface area contributed by atoms with Gasteiger partial charge in [-0.15, -0.1) is 5.10 Å². The molecule has 0 amide bonds. The van der Waals surface area contributed by atoms with Crippen molar-refractivity contribution in [3.63, 3.8) is 0 Å². The summed E-state index contributed by atoms with van der Waals surface area (Å²) in [5.41, 5.74) is 1.97. The number of ether oxygens (including phenoxy) is 1. The molecule has 4 nitrogen and oxygen atoms in total. The highest BCUT2D eigenvalue weighted by Crippen LogP contribution is 2.19. The summed E-state index contributed by atoms with van der Waals surface area (Å²) in [4.78, 5) is 0. The molecule has 3 aromatic rings. The Kier molecular flexibility index (Phi) is 3.65. The summed E-state index contributed by atoms with van der Waals surface area (Å²) in [6.07, 6.45) is 1.72. The van der Waals surface area contributed by atoms with Crippen LogP contribution in [0.4, 0.5) is 0 Å². The summed E-state index contributed by atoms with van der Waals surface area (Å²) in [7, 11) is 0. The van der Waals surface area contributed by atoms with Crippen molar-refractivity contribution in [3.05, 3.63) is 65.8 Å². The number of aromatic nitrogens is 3. The van der Waals surface area contributed by atoms with Crippen LogP contribution in [0, 0.1) is 0 Å². The summed E-state index contributed by atoms with van der Waals surface area (Å²) in [6.45, 7) is 0.297. The molecule has 0 saturated carbocycles. The summed E-state index contributed by atoms with van der Waals surface area (Å²) < 4.78 is 7.38. The van der Waals surface area contributed by atoms with Gasteiger partial charge < -0.3 is 4.74 Å². The molecule has 100 valence electrons. The zero-order valence-electron chi connectivity index (χ0n) is 10.6. The first-order valence-corrected chi connectivity index (χ1v) is 6.53. The van der Waals surface area contributed by atoms with Gasteiger partial charge in [0.05, 0.1) is 11.9 Å². The molecule has 3 rings (SSSR count). The topological polar surface area (TPSA) is 39.9 Å². The predicted molar refractivity (Wildman–Crippen MR) is 77.5 cm³/mol. The molecule has 0 unspecified atom stereocenters. The average Bonchev–Trinajstić information content (AvgIpc) is 2.96. The van der Waals surface area contributed by atoms with Gasteiger partial charge in [0.25, 0.3) is 0 Å². The molecule has 0 saturated heterocycles. The van der Waals surface area contributed by atoms with Crippen LogP contribution in [0.5, 0.6) is 5.75 Å². The molecule has 1 heterocycles. The van der Waals surface area contributed by atoms with Crippen LogP contribution in [0.25, 0.3) is 11.3 Å². The molecule has 0 atom stereocenters. The Balaban J connectivity index is 1.76. The van der Waals surface area contributed by atoms with Crippen LogP contribution in [0.15, 0.2) is 60.8 Å². The summed E-state index contributed by atoms with van der Waals surface area (Å²) >= 11 is 5.83. The third kappa shape index (κ3) is 2.81. The largest absolute Gasteiger partial charge is 0.471 e. The van der Waals surface area contributed by atoms with Crippen molar-refractivity contribution in [3.8, 4) is 17.0 Å². The maximum absolute atomic E-state index is 5.83. The third-order valence-electron chi connectivity index (χ3n) is 2.85. The lowest BCUT2D eigenvalue weighted by Gasteiger charge is -2.08. The minimum absolute atomic E-state index is 0.297. The SMILES string of the molecule is Clc1ccc(OCn2nncc2-c2ccccc2)cc1. The van der Waals surface area contributed by atoms with Crippen LogP contribution in [-0.2, 0) is 6.73 Å². The molecular formula is C15H12ClN3O. The first-order valence-electron chi connectivity index (χ1n) is 6.15. The molecule has 20 heavy (non-hydrogen) atoms. The van der Waals surface area contributed by atoms with E-state index in [2.05, 4.69) is 10.3 Å². The van der Waals surface area contributed by atoms with Crippen molar-refractivity contribution in [2.45, 2.75) is 6.73 Å². The Morgan fingerprint density at radius 1 is 1.00 bits per heavy atom. The zero-order valence-corrected chi connectivity index (χ0v) is 11.4. The van der Waals surface area contributed by atoms with E-state index in [-0.39, 0.29) is 0 Å². The molecular weight excluding hydrogens is 274 g/mol. The minimum Gasteiger partial charge on any atom is -0.471 e.